The molecule has 2 rings (SSSR count). The molecule has 1 aromatic carbocycles. The summed E-state index contributed by atoms with van der Waals surface area (Å²) >= 11 is 6.84. The first-order valence-electron chi connectivity index (χ1n) is 5.46. The molecule has 0 unspecified atom stereocenters. The van der Waals surface area contributed by atoms with Crippen molar-refractivity contribution in [2.75, 3.05) is 0 Å². The first-order chi connectivity index (χ1) is 8.60. The number of halogens is 2. The molecule has 0 radical (unpaired) electrons. The van der Waals surface area contributed by atoms with Crippen LogP contribution in [0.3, 0.4) is 0 Å². The van der Waals surface area contributed by atoms with E-state index in [1.54, 1.807) is 0 Å². The smallest absolute Gasteiger partial charge is 0.146 e. The van der Waals surface area contributed by atoms with Gasteiger partial charge in [-0.05, 0) is 47.1 Å². The molecule has 96 valence electrons. The van der Waals surface area contributed by atoms with E-state index in [-0.39, 0.29) is 0 Å². The fourth-order valence-corrected chi connectivity index (χ4v) is 2.76. The Hall–Kier alpha value is -0.780. The summed E-state index contributed by atoms with van der Waals surface area (Å²) in [7, 11) is 0. The van der Waals surface area contributed by atoms with E-state index >= 15 is 0 Å². The molecule has 0 aliphatic rings. The molecule has 18 heavy (non-hydrogen) atoms. The zero-order valence-corrected chi connectivity index (χ0v) is 13.0. The summed E-state index contributed by atoms with van der Waals surface area (Å²) < 4.78 is 13.2. The van der Waals surface area contributed by atoms with Crippen LogP contribution in [0.15, 0.2) is 37.6 Å². The molecule has 0 saturated carbocycles. The average Bonchev–Trinajstić information content (AvgIpc) is 2.69. The molecule has 0 saturated heterocycles. The molecule has 0 aliphatic carbocycles. The maximum absolute atomic E-state index is 5.69. The van der Waals surface area contributed by atoms with Crippen molar-refractivity contribution >= 4 is 31.9 Å². The number of hydrogen-bond donors (Lipinski definition) is 1. The van der Waals surface area contributed by atoms with Crippen molar-refractivity contribution in [1.29, 1.82) is 0 Å². The Morgan fingerprint density at radius 2 is 2.06 bits per heavy atom. The lowest BCUT2D eigenvalue weighted by molar-refractivity contribution is 0.266. The van der Waals surface area contributed by atoms with Gasteiger partial charge in [-0.1, -0.05) is 15.9 Å². The molecule has 0 aliphatic heterocycles. The molecule has 3 nitrogen and oxygen atoms in total. The Morgan fingerprint density at radius 1 is 1.28 bits per heavy atom. The summed E-state index contributed by atoms with van der Waals surface area (Å²) in [5.41, 5.74) is 6.62. The lowest BCUT2D eigenvalue weighted by Gasteiger charge is -2.06. The number of rotatable bonds is 4. The van der Waals surface area contributed by atoms with Crippen LogP contribution in [0.4, 0.5) is 0 Å². The number of ether oxygens (including phenoxy) is 1. The number of hydrogen-bond acceptors (Lipinski definition) is 3. The molecule has 0 amide bonds. The van der Waals surface area contributed by atoms with E-state index in [9.17, 15) is 0 Å². The van der Waals surface area contributed by atoms with Gasteiger partial charge < -0.3 is 14.9 Å². The van der Waals surface area contributed by atoms with E-state index in [0.717, 1.165) is 31.8 Å². The summed E-state index contributed by atoms with van der Waals surface area (Å²) in [4.78, 5) is 0. The van der Waals surface area contributed by atoms with Crippen LogP contribution in [-0.4, -0.2) is 0 Å². The molecule has 0 atom stereocenters. The highest BCUT2D eigenvalue weighted by Crippen LogP contribution is 2.29. The molecular weight excluding hydrogens is 362 g/mol. The molecule has 2 aromatic rings. The van der Waals surface area contributed by atoms with E-state index in [2.05, 4.69) is 31.9 Å². The lowest BCUT2D eigenvalue weighted by atomic mass is 10.2. The monoisotopic (exact) mass is 373 g/mol. The van der Waals surface area contributed by atoms with Crippen molar-refractivity contribution in [3.63, 3.8) is 0 Å². The van der Waals surface area contributed by atoms with Crippen molar-refractivity contribution in [1.82, 2.24) is 0 Å². The second kappa shape index (κ2) is 5.91. The number of aryl methyl sites for hydroxylation is 1. The van der Waals surface area contributed by atoms with E-state index in [1.807, 2.05) is 31.2 Å². The Bertz CT molecular complexity index is 552. The minimum Gasteiger partial charge on any atom is -0.484 e. The van der Waals surface area contributed by atoms with E-state index in [0.29, 0.717) is 13.2 Å². The largest absolute Gasteiger partial charge is 0.484 e. The normalized spacial score (nSPS) is 10.7. The Morgan fingerprint density at radius 3 is 2.67 bits per heavy atom. The minimum absolute atomic E-state index is 0.390. The van der Waals surface area contributed by atoms with E-state index in [1.165, 1.54) is 0 Å². The molecule has 0 bridgehead atoms. The molecule has 0 fully saturated rings. The third-order valence-corrected chi connectivity index (χ3v) is 3.67. The quantitative estimate of drug-likeness (QED) is 0.874. The minimum atomic E-state index is 0.390. The second-order valence-corrected chi connectivity index (χ2v) is 5.63. The van der Waals surface area contributed by atoms with Crippen molar-refractivity contribution in [2.24, 2.45) is 5.73 Å². The molecule has 1 aromatic heterocycles. The zero-order chi connectivity index (χ0) is 13.1. The highest BCUT2D eigenvalue weighted by atomic mass is 79.9. The van der Waals surface area contributed by atoms with Gasteiger partial charge in [0.05, 0.1) is 4.47 Å². The maximum atomic E-state index is 5.69. The third kappa shape index (κ3) is 3.16. The predicted octanol–water partition coefficient (Wildman–Crippen LogP) is 4.15. The number of benzene rings is 1. The van der Waals surface area contributed by atoms with Gasteiger partial charge in [-0.15, -0.1) is 0 Å². The first kappa shape index (κ1) is 13.6. The van der Waals surface area contributed by atoms with Crippen molar-refractivity contribution in [3.05, 3.63) is 50.3 Å². The van der Waals surface area contributed by atoms with Crippen LogP contribution in [0.2, 0.25) is 0 Å². The first-order valence-corrected chi connectivity index (χ1v) is 7.05. The summed E-state index contributed by atoms with van der Waals surface area (Å²) in [5, 5.41) is 0. The van der Waals surface area contributed by atoms with Crippen LogP contribution in [-0.2, 0) is 13.2 Å². The van der Waals surface area contributed by atoms with Crippen LogP contribution in [0, 0.1) is 6.92 Å². The zero-order valence-electron chi connectivity index (χ0n) is 9.87. The van der Waals surface area contributed by atoms with Crippen LogP contribution in [0.5, 0.6) is 5.75 Å². The van der Waals surface area contributed by atoms with Gasteiger partial charge in [0.2, 0.25) is 0 Å². The van der Waals surface area contributed by atoms with Crippen molar-refractivity contribution in [3.8, 4) is 5.75 Å². The van der Waals surface area contributed by atoms with Crippen LogP contribution < -0.4 is 10.5 Å². The van der Waals surface area contributed by atoms with Gasteiger partial charge in [-0.25, -0.2) is 0 Å². The van der Waals surface area contributed by atoms with Crippen LogP contribution >= 0.6 is 31.9 Å². The van der Waals surface area contributed by atoms with Crippen LogP contribution in [0.1, 0.15) is 17.1 Å². The van der Waals surface area contributed by atoms with Crippen LogP contribution in [0.25, 0.3) is 0 Å². The molecular formula is C13H13Br2NO2. The van der Waals surface area contributed by atoms with Crippen molar-refractivity contribution in [2.45, 2.75) is 20.1 Å². The second-order valence-electron chi connectivity index (χ2n) is 3.86. The third-order valence-electron chi connectivity index (χ3n) is 2.56. The lowest BCUT2D eigenvalue weighted by Crippen LogP contribution is -1.96. The molecule has 1 heterocycles. The highest BCUT2D eigenvalue weighted by molar-refractivity contribution is 9.11. The van der Waals surface area contributed by atoms with Crippen molar-refractivity contribution < 1.29 is 9.15 Å². The summed E-state index contributed by atoms with van der Waals surface area (Å²) in [6.45, 7) is 2.78. The van der Waals surface area contributed by atoms with E-state index in [4.69, 9.17) is 14.9 Å². The highest BCUT2D eigenvalue weighted by Gasteiger charge is 2.08. The summed E-state index contributed by atoms with van der Waals surface area (Å²) in [6, 6.07) is 7.70. The molecule has 5 heteroatoms. The van der Waals surface area contributed by atoms with Gasteiger partial charge in [0.15, 0.2) is 0 Å². The topological polar surface area (TPSA) is 48.4 Å². The summed E-state index contributed by atoms with van der Waals surface area (Å²) in [5.74, 6) is 2.41. The Labute approximate surface area is 123 Å². The average molecular weight is 375 g/mol. The SMILES string of the molecule is Cc1oc(COc2ccc(Br)cc2Br)cc1CN. The van der Waals surface area contributed by atoms with Gasteiger partial charge >= 0.3 is 0 Å². The van der Waals surface area contributed by atoms with Gasteiger partial charge in [-0.3, -0.25) is 0 Å². The Balaban J connectivity index is 2.06. The van der Waals surface area contributed by atoms with Gasteiger partial charge in [0.1, 0.15) is 23.9 Å². The predicted molar refractivity (Wildman–Crippen MR) is 77.5 cm³/mol. The standard InChI is InChI=1S/C13H13Br2NO2/c1-8-9(6-16)4-11(18-8)7-17-13-3-2-10(14)5-12(13)15/h2-5H,6-7,16H2,1H3. The van der Waals surface area contributed by atoms with E-state index < -0.39 is 0 Å². The van der Waals surface area contributed by atoms with Gasteiger partial charge in [0.25, 0.3) is 0 Å². The molecule has 0 spiro atoms. The van der Waals surface area contributed by atoms with Gasteiger partial charge in [0, 0.05) is 16.6 Å². The Kier molecular flexibility index (Phi) is 4.48. The van der Waals surface area contributed by atoms with Gasteiger partial charge in [-0.2, -0.15) is 0 Å². The fourth-order valence-electron chi connectivity index (χ4n) is 1.60. The summed E-state index contributed by atoms with van der Waals surface area (Å²) in [6.07, 6.45) is 0. The fraction of sp³-hybridized carbons (Fsp3) is 0.231. The number of furan rings is 1. The molecule has 2 N–H and O–H groups in total. The maximum Gasteiger partial charge on any atom is 0.146 e. The number of nitrogens with two attached hydrogens (primary N) is 1.